The molecule has 152 valence electrons. The molecule has 1 aliphatic heterocycles. The fraction of sp³-hybridized carbons (Fsp3) is 0.304. The van der Waals surface area contributed by atoms with Crippen molar-refractivity contribution < 1.29 is 23.8 Å². The zero-order valence-electron chi connectivity index (χ0n) is 16.7. The first-order valence-corrected chi connectivity index (χ1v) is 9.66. The van der Waals surface area contributed by atoms with Gasteiger partial charge in [0.05, 0.1) is 13.7 Å². The van der Waals surface area contributed by atoms with Crippen LogP contribution in [-0.2, 0) is 20.7 Å². The van der Waals surface area contributed by atoms with Crippen LogP contribution in [0.5, 0.6) is 11.5 Å². The number of nitrogens with zero attached hydrogens (tertiary/aromatic N) is 1. The lowest BCUT2D eigenvalue weighted by atomic mass is 10.0. The van der Waals surface area contributed by atoms with Gasteiger partial charge in [-0.1, -0.05) is 24.3 Å². The topological polar surface area (TPSA) is 65.1 Å². The average molecular weight is 395 g/mol. The molecule has 0 aromatic heterocycles. The van der Waals surface area contributed by atoms with Gasteiger partial charge in [0.2, 0.25) is 0 Å². The third-order valence-electron chi connectivity index (χ3n) is 4.65. The Morgan fingerprint density at radius 3 is 2.76 bits per heavy atom. The number of anilines is 1. The van der Waals surface area contributed by atoms with E-state index in [1.54, 1.807) is 36.3 Å². The normalized spacial score (nSPS) is 13.1. The fourth-order valence-electron chi connectivity index (χ4n) is 3.28. The van der Waals surface area contributed by atoms with E-state index >= 15 is 0 Å². The summed E-state index contributed by atoms with van der Waals surface area (Å²) in [5, 5.41) is 0. The van der Waals surface area contributed by atoms with Crippen molar-refractivity contribution in [2.24, 2.45) is 0 Å². The van der Waals surface area contributed by atoms with E-state index in [0.717, 1.165) is 29.7 Å². The van der Waals surface area contributed by atoms with E-state index < -0.39 is 5.97 Å². The number of benzene rings is 2. The molecule has 6 nitrogen and oxygen atoms in total. The highest BCUT2D eigenvalue weighted by molar-refractivity contribution is 5.97. The fourth-order valence-corrected chi connectivity index (χ4v) is 3.28. The molecule has 0 atom stereocenters. The van der Waals surface area contributed by atoms with Crippen LogP contribution in [-0.4, -0.2) is 38.7 Å². The summed E-state index contributed by atoms with van der Waals surface area (Å²) in [7, 11) is 1.57. The molecule has 1 heterocycles. The molecule has 0 fully saturated rings. The number of hydrogen-bond donors (Lipinski definition) is 0. The van der Waals surface area contributed by atoms with Crippen LogP contribution in [0.3, 0.4) is 0 Å². The Morgan fingerprint density at radius 1 is 1.14 bits per heavy atom. The minimum absolute atomic E-state index is 0.220. The molecule has 0 aliphatic carbocycles. The molecule has 29 heavy (non-hydrogen) atoms. The van der Waals surface area contributed by atoms with Crippen LogP contribution in [0, 0.1) is 0 Å². The van der Waals surface area contributed by atoms with Crippen molar-refractivity contribution in [1.29, 1.82) is 0 Å². The molecule has 2 aromatic carbocycles. The molecule has 0 radical (unpaired) electrons. The van der Waals surface area contributed by atoms with E-state index in [1.807, 2.05) is 31.2 Å². The number of para-hydroxylation sites is 1. The molecule has 6 heteroatoms. The molecular formula is C23H25NO5. The third kappa shape index (κ3) is 5.16. The van der Waals surface area contributed by atoms with Crippen LogP contribution in [0.1, 0.15) is 24.5 Å². The SMILES string of the molecule is CCOc1cc(/C=C/C(=O)OCC(=O)N2CCCc3ccccc32)ccc1OC. The Balaban J connectivity index is 1.58. The van der Waals surface area contributed by atoms with Gasteiger partial charge < -0.3 is 19.1 Å². The summed E-state index contributed by atoms with van der Waals surface area (Å²) in [6.07, 6.45) is 4.77. The molecule has 1 aliphatic rings. The number of carbonyl (C=O) groups is 2. The maximum atomic E-state index is 12.5. The van der Waals surface area contributed by atoms with Crippen LogP contribution in [0.2, 0.25) is 0 Å². The number of rotatable bonds is 7. The monoisotopic (exact) mass is 395 g/mol. The third-order valence-corrected chi connectivity index (χ3v) is 4.65. The second-order valence-corrected chi connectivity index (χ2v) is 6.56. The van der Waals surface area contributed by atoms with Gasteiger partial charge in [-0.05, 0) is 55.2 Å². The Hall–Kier alpha value is -3.28. The van der Waals surface area contributed by atoms with E-state index in [1.165, 1.54) is 6.08 Å². The molecule has 0 saturated carbocycles. The van der Waals surface area contributed by atoms with Crippen molar-refractivity contribution in [3.05, 3.63) is 59.7 Å². The Morgan fingerprint density at radius 2 is 1.97 bits per heavy atom. The van der Waals surface area contributed by atoms with Crippen molar-refractivity contribution in [3.8, 4) is 11.5 Å². The number of esters is 1. The van der Waals surface area contributed by atoms with E-state index in [-0.39, 0.29) is 12.5 Å². The zero-order valence-corrected chi connectivity index (χ0v) is 16.7. The Kier molecular flexibility index (Phi) is 6.89. The van der Waals surface area contributed by atoms with Crippen molar-refractivity contribution >= 4 is 23.6 Å². The number of fused-ring (bicyclic) bond motifs is 1. The highest BCUT2D eigenvalue weighted by Crippen LogP contribution is 2.29. The number of ether oxygens (including phenoxy) is 3. The molecule has 0 N–H and O–H groups in total. The maximum absolute atomic E-state index is 12.5. The van der Waals surface area contributed by atoms with Crippen molar-refractivity contribution in [2.45, 2.75) is 19.8 Å². The summed E-state index contributed by atoms with van der Waals surface area (Å²) in [6.45, 7) is 2.74. The van der Waals surface area contributed by atoms with Crippen LogP contribution < -0.4 is 14.4 Å². The van der Waals surface area contributed by atoms with Crippen molar-refractivity contribution in [2.75, 3.05) is 31.8 Å². The van der Waals surface area contributed by atoms with Gasteiger partial charge in [-0.2, -0.15) is 0 Å². The van der Waals surface area contributed by atoms with E-state index in [4.69, 9.17) is 14.2 Å². The molecule has 3 rings (SSSR count). The summed E-state index contributed by atoms with van der Waals surface area (Å²) in [5.41, 5.74) is 2.81. The van der Waals surface area contributed by atoms with Gasteiger partial charge in [-0.25, -0.2) is 4.79 Å². The number of methoxy groups -OCH3 is 1. The average Bonchev–Trinajstić information content (AvgIpc) is 2.76. The Bertz CT molecular complexity index is 906. The first kappa shape index (κ1) is 20.5. The highest BCUT2D eigenvalue weighted by atomic mass is 16.5. The molecule has 0 spiro atoms. The van der Waals surface area contributed by atoms with Gasteiger partial charge >= 0.3 is 5.97 Å². The largest absolute Gasteiger partial charge is 0.493 e. The summed E-state index contributed by atoms with van der Waals surface area (Å²) in [5.74, 6) is 0.433. The zero-order chi connectivity index (χ0) is 20.6. The van der Waals surface area contributed by atoms with E-state index in [9.17, 15) is 9.59 Å². The number of carbonyl (C=O) groups excluding carboxylic acids is 2. The summed E-state index contributed by atoms with van der Waals surface area (Å²) < 4.78 is 15.9. The molecule has 1 amide bonds. The molecule has 0 bridgehead atoms. The van der Waals surface area contributed by atoms with Gasteiger partial charge in [0.15, 0.2) is 18.1 Å². The summed E-state index contributed by atoms with van der Waals surface area (Å²) in [4.78, 5) is 26.3. The lowest BCUT2D eigenvalue weighted by Gasteiger charge is -2.29. The second-order valence-electron chi connectivity index (χ2n) is 6.56. The van der Waals surface area contributed by atoms with Gasteiger partial charge in [0.25, 0.3) is 5.91 Å². The summed E-state index contributed by atoms with van der Waals surface area (Å²) in [6, 6.07) is 13.2. The lowest BCUT2D eigenvalue weighted by Crippen LogP contribution is -2.38. The maximum Gasteiger partial charge on any atom is 0.331 e. The molecule has 2 aromatic rings. The Labute approximate surface area is 170 Å². The van der Waals surface area contributed by atoms with E-state index in [0.29, 0.717) is 24.7 Å². The number of aryl methyl sites for hydroxylation is 1. The minimum atomic E-state index is -0.572. The van der Waals surface area contributed by atoms with Crippen LogP contribution in [0.4, 0.5) is 5.69 Å². The summed E-state index contributed by atoms with van der Waals surface area (Å²) >= 11 is 0. The predicted octanol–water partition coefficient (Wildman–Crippen LogP) is 3.63. The van der Waals surface area contributed by atoms with Crippen LogP contribution >= 0.6 is 0 Å². The van der Waals surface area contributed by atoms with Crippen LogP contribution in [0.25, 0.3) is 6.08 Å². The van der Waals surface area contributed by atoms with Crippen molar-refractivity contribution in [1.82, 2.24) is 0 Å². The first-order valence-electron chi connectivity index (χ1n) is 9.66. The highest BCUT2D eigenvalue weighted by Gasteiger charge is 2.22. The van der Waals surface area contributed by atoms with Crippen molar-refractivity contribution in [3.63, 3.8) is 0 Å². The predicted molar refractivity (Wildman–Crippen MR) is 111 cm³/mol. The standard InChI is InChI=1S/C23H25NO5/c1-3-28-21-15-17(10-12-20(21)27-2)11-13-23(26)29-16-22(25)24-14-6-8-18-7-4-5-9-19(18)24/h4-5,7,9-13,15H,3,6,8,14,16H2,1-2H3/b13-11+. The number of amides is 1. The van der Waals surface area contributed by atoms with E-state index in [2.05, 4.69) is 0 Å². The quantitative estimate of drug-likeness (QED) is 0.529. The van der Waals surface area contributed by atoms with Gasteiger partial charge in [-0.15, -0.1) is 0 Å². The smallest absolute Gasteiger partial charge is 0.331 e. The number of hydrogen-bond acceptors (Lipinski definition) is 5. The van der Waals surface area contributed by atoms with Crippen LogP contribution in [0.15, 0.2) is 48.5 Å². The van der Waals surface area contributed by atoms with Gasteiger partial charge in [-0.3, -0.25) is 4.79 Å². The van der Waals surface area contributed by atoms with Gasteiger partial charge in [0, 0.05) is 18.3 Å². The van der Waals surface area contributed by atoms with Gasteiger partial charge in [0.1, 0.15) is 0 Å². The first-order chi connectivity index (χ1) is 14.1. The molecule has 0 saturated heterocycles. The molecule has 0 unspecified atom stereocenters. The molecular weight excluding hydrogens is 370 g/mol. The lowest BCUT2D eigenvalue weighted by molar-refractivity contribution is -0.142. The second kappa shape index (κ2) is 9.78. The minimum Gasteiger partial charge on any atom is -0.493 e.